The van der Waals surface area contributed by atoms with E-state index in [0.717, 1.165) is 27.6 Å². The van der Waals surface area contributed by atoms with Crippen molar-refractivity contribution in [2.24, 2.45) is 4.99 Å². The number of aliphatic hydroxyl groups is 15. The van der Waals surface area contributed by atoms with Crippen LogP contribution in [0.2, 0.25) is 5.28 Å². The van der Waals surface area contributed by atoms with Crippen LogP contribution >= 0.6 is 11.6 Å². The van der Waals surface area contributed by atoms with Gasteiger partial charge in [-0.15, -0.1) is 0 Å². The average Bonchev–Trinajstić information content (AvgIpc) is 1.61. The molecule has 0 amide bonds. The van der Waals surface area contributed by atoms with E-state index in [0.29, 0.717) is 40.1 Å². The van der Waals surface area contributed by atoms with Gasteiger partial charge in [0.2, 0.25) is 17.3 Å². The van der Waals surface area contributed by atoms with Gasteiger partial charge in [0, 0.05) is 31.7 Å². The molecule has 8 aromatic heterocycles. The molecule has 47 nitrogen and oxygen atoms in total. The van der Waals surface area contributed by atoms with E-state index in [1.165, 1.54) is 35.8 Å². The predicted molar refractivity (Wildman–Crippen MR) is 359 cm³/mol. The molecule has 0 aromatic carbocycles. The summed E-state index contributed by atoms with van der Waals surface area (Å²) in [5.74, 6) is -4.24. The number of hydrogen-bond donors (Lipinski definition) is 21. The van der Waals surface area contributed by atoms with E-state index < -0.39 is 196 Å². The molecule has 25 N–H and O–H groups in total. The monoisotopic (exact) mass is 1590 g/mol. The number of ether oxygens (including phenoxy) is 6. The summed E-state index contributed by atoms with van der Waals surface area (Å²) in [5.41, 5.74) is 19.7. The minimum Gasteiger partial charge on any atom is -0.394 e. The molecule has 0 spiro atoms. The molecule has 21 atom stereocenters. The molecule has 0 bridgehead atoms. The Kier molecular flexibility index (Phi) is 26.7. The standard InChI is InChI=1S/C11H16N4O4.C10H12ClN5O3.C10H12FN5O4.C9H11F2N3O4.C9H11FN2O5.C9H13N3O5/c16-3-8-6(17)1-9(19-8)15-5-14-10-7(18)2-12-4-13-11(10)15;11-10-14-8(12)7-9(15-10)16(3-13-7)6-1-4(18)5(2-17)19-6;11-10-14-7(12)4-8(15-10)16(2-13-4)9-6(19)5(18)3(1-17)20-9;10-9(11)6(16)4(3-15)18-7(9)14-2-1-5(12)13-8(14)17;10-4-2-12(9(16)11-8(4)15)7-1-5(14)6(3-13)17-7;10-5-1-2-12(9(16)11-5)8-7(15)6(14)4(3-13)17-8/h4-9,16-18H,1-3H2,(H,12,13);3-6,17-18H,1-2H2,(H2,12,14,15);2-3,5-6,9,17-19H,1H2,(H2,12,14,15);1-2,4,6-7,15-16H,3H2,(H2,12,13,17);2,5-7,13-14H,1,3H2,(H,11,15,16);1-2,4,6-8,13-15H,3H2,(H2,10,11,16)/t6-,7-,8-,9-;4-,5-,6-;3-,5+,6?,9-;4-,6+,7-;5-,6-,7-;4-,6+,7?,8-/m111111/s1. The number of nitrogen functional groups attached to an aromatic ring is 4. The van der Waals surface area contributed by atoms with E-state index in [-0.39, 0.29) is 65.9 Å². The third-order valence-corrected chi connectivity index (χ3v) is 17.8. The van der Waals surface area contributed by atoms with E-state index >= 15 is 0 Å². The zero-order valence-corrected chi connectivity index (χ0v) is 57.3. The Bertz CT molecular complexity index is 4760. The van der Waals surface area contributed by atoms with Crippen LogP contribution in [-0.4, -0.2) is 298 Å². The molecule has 2 unspecified atom stereocenters. The second-order valence-electron chi connectivity index (χ2n) is 24.8. The summed E-state index contributed by atoms with van der Waals surface area (Å²) in [6.07, 6.45) is -13.3. The zero-order valence-electron chi connectivity index (χ0n) is 56.5. The molecule has 0 saturated carbocycles. The number of hydrogen-bond acceptors (Lipinski definition) is 40. The number of aromatic nitrogens is 16. The summed E-state index contributed by atoms with van der Waals surface area (Å²) in [6.45, 7) is -2.33. The maximum Gasteiger partial charge on any atom is 0.351 e. The Labute approximate surface area is 615 Å². The van der Waals surface area contributed by atoms with Crippen LogP contribution in [0.5, 0.6) is 0 Å². The molecule has 0 aliphatic carbocycles. The number of anilines is 5. The minimum absolute atomic E-state index is 0.0176. The normalized spacial score (nSPS) is 30.5. The number of alkyl halides is 2. The second kappa shape index (κ2) is 35.3. The summed E-state index contributed by atoms with van der Waals surface area (Å²) in [7, 11) is 0. The van der Waals surface area contributed by atoms with Gasteiger partial charge >= 0.3 is 29.1 Å². The lowest BCUT2D eigenvalue weighted by molar-refractivity contribution is -0.140. The highest BCUT2D eigenvalue weighted by molar-refractivity contribution is 6.28. The van der Waals surface area contributed by atoms with Gasteiger partial charge in [0.05, 0.1) is 96.0 Å². The first-order valence-corrected chi connectivity index (χ1v) is 33.1. The van der Waals surface area contributed by atoms with E-state index in [1.54, 1.807) is 20.4 Å². The molecule has 7 aliphatic heterocycles. The summed E-state index contributed by atoms with van der Waals surface area (Å²) >= 11 is 5.77. The lowest BCUT2D eigenvalue weighted by atomic mass is 10.1. The van der Waals surface area contributed by atoms with Gasteiger partial charge in [0.1, 0.15) is 114 Å². The lowest BCUT2D eigenvalue weighted by Gasteiger charge is -2.20. The molecule has 8 aromatic rings. The van der Waals surface area contributed by atoms with Crippen molar-refractivity contribution in [3.63, 3.8) is 0 Å². The first-order chi connectivity index (χ1) is 52.3. The van der Waals surface area contributed by atoms with Gasteiger partial charge in [-0.2, -0.15) is 47.5 Å². The largest absolute Gasteiger partial charge is 0.394 e. The maximum atomic E-state index is 13.7. The van der Waals surface area contributed by atoms with Gasteiger partial charge in [0.15, 0.2) is 47.0 Å². The van der Waals surface area contributed by atoms with Crippen molar-refractivity contribution >= 4 is 69.4 Å². The molecular formula is C58H75ClF4N22O25. The number of halogens is 5. The van der Waals surface area contributed by atoms with Crippen LogP contribution in [0.4, 0.5) is 46.7 Å². The number of rotatable bonds is 12. The third kappa shape index (κ3) is 17.7. The van der Waals surface area contributed by atoms with Crippen molar-refractivity contribution in [2.75, 3.05) is 74.4 Å². The first-order valence-electron chi connectivity index (χ1n) is 32.7. The molecule has 52 heteroatoms. The highest BCUT2D eigenvalue weighted by atomic mass is 35.5. The molecule has 6 fully saturated rings. The van der Waals surface area contributed by atoms with Crippen molar-refractivity contribution in [2.45, 2.75) is 154 Å². The Balaban J connectivity index is 0.000000141. The van der Waals surface area contributed by atoms with Gasteiger partial charge in [-0.25, -0.2) is 29.3 Å². The summed E-state index contributed by atoms with van der Waals surface area (Å²) in [6, 6.07) is 2.52. The van der Waals surface area contributed by atoms with Gasteiger partial charge in [-0.3, -0.25) is 42.2 Å². The van der Waals surface area contributed by atoms with Gasteiger partial charge in [-0.05, 0) is 23.7 Å². The first kappa shape index (κ1) is 83.1. The van der Waals surface area contributed by atoms with E-state index in [1.807, 2.05) is 0 Å². The van der Waals surface area contributed by atoms with Gasteiger partial charge in [-0.1, -0.05) is 0 Å². The van der Waals surface area contributed by atoms with Crippen LogP contribution in [0.25, 0.3) is 22.3 Å². The van der Waals surface area contributed by atoms with Crippen LogP contribution in [0.1, 0.15) is 68.4 Å². The van der Waals surface area contributed by atoms with Gasteiger partial charge in [0.25, 0.3) is 5.56 Å². The summed E-state index contributed by atoms with van der Waals surface area (Å²) in [4.78, 5) is 84.7. The van der Waals surface area contributed by atoms with Crippen LogP contribution in [0.15, 0.2) is 73.9 Å². The number of nitrogens with zero attached hydrogens (tertiary/aromatic N) is 16. The zero-order chi connectivity index (χ0) is 80.1. The number of nitrogens with one attached hydrogen (secondary N) is 2. The van der Waals surface area contributed by atoms with Crippen molar-refractivity contribution < 1.29 is 123 Å². The number of nitrogens with two attached hydrogens (primary N) is 4. The van der Waals surface area contributed by atoms with Crippen molar-refractivity contribution in [3.05, 3.63) is 114 Å². The highest BCUT2D eigenvalue weighted by Crippen LogP contribution is 2.43. The average molecular weight is 1590 g/mol. The Morgan fingerprint density at radius 3 is 1.48 bits per heavy atom. The fourth-order valence-corrected chi connectivity index (χ4v) is 12.1. The van der Waals surface area contributed by atoms with E-state index in [9.17, 15) is 82.7 Å². The number of imidazole rings is 3. The van der Waals surface area contributed by atoms with Crippen LogP contribution in [0.3, 0.4) is 0 Å². The molecule has 6 saturated heterocycles. The molecule has 15 rings (SSSR count). The molecule has 7 aliphatic rings. The number of aliphatic imine (C=N–C) groups is 1. The number of aliphatic hydroxyl groups excluding tert-OH is 15. The number of fused-ring (bicyclic) bond motifs is 3. The fourth-order valence-electron chi connectivity index (χ4n) is 11.9. The maximum absolute atomic E-state index is 13.7. The second-order valence-corrected chi connectivity index (χ2v) is 25.1. The quantitative estimate of drug-likeness (QED) is 0.0399. The SMILES string of the molecule is Nc1ccn([C@@H]2O[C@H](CO)[C@H](O)C2(F)F)c(=O)n1.Nc1ccn([C@@H]2O[C@H](CO)[C@H](O)C2O)c(=O)n1.Nc1nc(Cl)nc2c1ncn2[C@H]1C[C@@H](O)[C@@H](CO)O1.Nc1nc(F)nc2c1ncn2[C@@H]1O[C@H](CO)[C@H](O)C1O.O=c1[nH]c(=O)n([C@H]2C[C@@H](O)[C@@H](CO)O2)cc1F.OC[C@H]1O[C@@H](n2cnc3c2NC=NC[C@H]3O)C[C@H]1O. The van der Waals surface area contributed by atoms with E-state index in [4.69, 9.17) is 93.6 Å². The highest BCUT2D eigenvalue weighted by Gasteiger charge is 2.59. The smallest absolute Gasteiger partial charge is 0.351 e. The van der Waals surface area contributed by atoms with Gasteiger partial charge < -0.3 is 133 Å². The number of H-pyrrole nitrogens is 1. The van der Waals surface area contributed by atoms with Crippen LogP contribution in [-0.2, 0) is 28.4 Å². The van der Waals surface area contributed by atoms with Crippen molar-refractivity contribution in [1.29, 1.82) is 0 Å². The molecular weight excluding hydrogens is 1520 g/mol. The Morgan fingerprint density at radius 2 is 0.991 bits per heavy atom. The fraction of sp³-hybridized carbons (Fsp3) is 0.552. The van der Waals surface area contributed by atoms with Crippen molar-refractivity contribution in [1.82, 2.24) is 77.2 Å². The lowest BCUT2D eigenvalue weighted by Crippen LogP contribution is -2.41. The summed E-state index contributed by atoms with van der Waals surface area (Å²) in [5, 5.41) is 144. The van der Waals surface area contributed by atoms with Crippen molar-refractivity contribution in [3.8, 4) is 0 Å². The summed E-state index contributed by atoms with van der Waals surface area (Å²) < 4.78 is 92.1. The van der Waals surface area contributed by atoms with Crippen LogP contribution in [0, 0.1) is 11.9 Å². The molecule has 0 radical (unpaired) electrons. The predicted octanol–water partition coefficient (Wildman–Crippen LogP) is -8.66. The molecule has 110 heavy (non-hydrogen) atoms. The number of aromatic amines is 1. The third-order valence-electron chi connectivity index (χ3n) is 17.7. The Hall–Kier alpha value is -9.41. The molecule has 602 valence electrons. The van der Waals surface area contributed by atoms with E-state index in [2.05, 4.69) is 55.2 Å². The Morgan fingerprint density at radius 1 is 0.527 bits per heavy atom. The molecule has 15 heterocycles. The minimum atomic E-state index is -3.71. The van der Waals surface area contributed by atoms with Crippen LogP contribution < -0.4 is 50.9 Å². The topological polar surface area (TPSA) is 717 Å².